The molecule has 192 valence electrons. The van der Waals surface area contributed by atoms with Gasteiger partial charge in [-0.3, -0.25) is 0 Å². The Labute approximate surface area is 234 Å². The van der Waals surface area contributed by atoms with Gasteiger partial charge in [0, 0.05) is 0 Å². The summed E-state index contributed by atoms with van der Waals surface area (Å²) >= 11 is -2.32. The number of hydrogen-bond acceptors (Lipinski definition) is 0. The van der Waals surface area contributed by atoms with Gasteiger partial charge in [-0.05, 0) is 0 Å². The van der Waals surface area contributed by atoms with Crippen molar-refractivity contribution in [1.82, 2.24) is 0 Å². The molecular formula is C30H46Cl2HfSi2. The number of hydrogen-bond donors (Lipinski definition) is 0. The molecule has 0 radical (unpaired) electrons. The van der Waals surface area contributed by atoms with Gasteiger partial charge in [0.25, 0.3) is 0 Å². The predicted molar refractivity (Wildman–Crippen MR) is 145 cm³/mol. The summed E-state index contributed by atoms with van der Waals surface area (Å²) in [6, 6.07) is 10.0. The van der Waals surface area contributed by atoms with Crippen molar-refractivity contribution >= 4 is 16.1 Å². The Hall–Kier alpha value is 0.844. The Morgan fingerprint density at radius 3 is 1.34 bits per heavy atom. The van der Waals surface area contributed by atoms with Crippen molar-refractivity contribution in [3.8, 4) is 0 Å². The van der Waals surface area contributed by atoms with E-state index in [1.807, 2.05) is 8.35 Å². The van der Waals surface area contributed by atoms with Crippen molar-refractivity contribution in [2.45, 2.75) is 103 Å². The Bertz CT molecular complexity index is 832. The standard InChI is InChI=1S/2C14H21Si.C2H4.2ClH.Hf/c2*1-2-15(10-5-11-15)14-9-8-12-6-3-4-7-13(12)14;1-2;;;/h2*3-4,6-7,9,12-14H,2,5,8,10-11H2,1H3;1-2H2;2*1H;/q;;;;;+2/p-2. The first-order valence-electron chi connectivity index (χ1n) is 14.9. The molecule has 8 unspecified atom stereocenters. The molecule has 0 bridgehead atoms. The van der Waals surface area contributed by atoms with Crippen LogP contribution in [0, 0.1) is 23.7 Å². The fraction of sp³-hybridized carbons (Fsp3) is 0.733. The molecule has 3 saturated heterocycles. The average molecular weight is 712 g/mol. The number of fused-ring (bicyclic) bond motifs is 2. The minimum absolute atomic E-state index is 0. The van der Waals surface area contributed by atoms with Crippen LogP contribution in [0.25, 0.3) is 0 Å². The zero-order valence-corrected chi connectivity index (χ0v) is 29.1. The molecule has 0 N–H and O–H groups in total. The minimum atomic E-state index is -2.32. The number of rotatable bonds is 6. The zero-order chi connectivity index (χ0) is 22.3. The van der Waals surface area contributed by atoms with E-state index >= 15 is 0 Å². The van der Waals surface area contributed by atoms with Gasteiger partial charge in [-0.2, -0.15) is 0 Å². The maximum absolute atomic E-state index is 2.74. The second kappa shape index (κ2) is 10.1. The van der Waals surface area contributed by atoms with Crippen molar-refractivity contribution in [2.24, 2.45) is 23.7 Å². The van der Waals surface area contributed by atoms with E-state index in [1.54, 1.807) is 61.9 Å². The van der Waals surface area contributed by atoms with Crippen LogP contribution in [-0.2, 0) is 20.0 Å². The molecule has 7 rings (SSSR count). The summed E-state index contributed by atoms with van der Waals surface area (Å²) < 4.78 is 6.21. The number of halogens is 2. The van der Waals surface area contributed by atoms with Crippen LogP contribution in [0.1, 0.15) is 39.5 Å². The van der Waals surface area contributed by atoms with Gasteiger partial charge in [0.05, 0.1) is 0 Å². The topological polar surface area (TPSA) is 0 Å². The Morgan fingerprint density at radius 2 is 1.03 bits per heavy atom. The average Bonchev–Trinajstić information content (AvgIpc) is 3.36. The van der Waals surface area contributed by atoms with Crippen LogP contribution in [0.15, 0.2) is 48.6 Å². The van der Waals surface area contributed by atoms with Crippen LogP contribution in [0.4, 0.5) is 0 Å². The Balaban J connectivity index is 0.00000127. The van der Waals surface area contributed by atoms with Gasteiger partial charge in [-0.1, -0.05) is 0 Å². The van der Waals surface area contributed by atoms with Crippen LogP contribution in [-0.4, -0.2) is 16.1 Å². The molecular weight excluding hydrogens is 666 g/mol. The predicted octanol–water partition coefficient (Wildman–Crippen LogP) is 3.58. The van der Waals surface area contributed by atoms with Crippen LogP contribution >= 0.6 is 0 Å². The van der Waals surface area contributed by atoms with Gasteiger partial charge in [0.1, 0.15) is 0 Å². The molecule has 5 fully saturated rings. The molecule has 3 heterocycles. The third kappa shape index (κ3) is 3.93. The van der Waals surface area contributed by atoms with Crippen LogP contribution in [0.2, 0.25) is 63.1 Å². The number of allylic oxidation sites excluding steroid dienone is 8. The van der Waals surface area contributed by atoms with Crippen molar-refractivity contribution in [3.05, 3.63) is 48.6 Å². The van der Waals surface area contributed by atoms with Crippen molar-refractivity contribution in [1.29, 1.82) is 0 Å². The molecule has 8 atom stereocenters. The zero-order valence-electron chi connectivity index (χ0n) is 22.0. The summed E-state index contributed by atoms with van der Waals surface area (Å²) in [7, 11) is -2.06. The van der Waals surface area contributed by atoms with E-state index < -0.39 is 36.1 Å². The Morgan fingerprint density at radius 1 is 0.629 bits per heavy atom. The van der Waals surface area contributed by atoms with E-state index in [0.29, 0.717) is 0 Å². The van der Waals surface area contributed by atoms with E-state index in [4.69, 9.17) is 0 Å². The summed E-state index contributed by atoms with van der Waals surface area (Å²) in [6.07, 6.45) is 27.1. The van der Waals surface area contributed by atoms with E-state index in [2.05, 4.69) is 62.5 Å². The fourth-order valence-corrected chi connectivity index (χ4v) is 63.6. The molecule has 5 heteroatoms. The molecule has 35 heavy (non-hydrogen) atoms. The van der Waals surface area contributed by atoms with Crippen LogP contribution in [0.5, 0.6) is 0 Å². The normalized spacial score (nSPS) is 43.4. The quantitative estimate of drug-likeness (QED) is 0.370. The second-order valence-electron chi connectivity index (χ2n) is 13.6. The van der Waals surface area contributed by atoms with E-state index in [-0.39, 0.29) is 24.8 Å². The van der Waals surface area contributed by atoms with Gasteiger partial charge < -0.3 is 24.8 Å². The third-order valence-electron chi connectivity index (χ3n) is 13.2. The first kappa shape index (κ1) is 27.4. The van der Waals surface area contributed by atoms with Gasteiger partial charge in [0.2, 0.25) is 0 Å². The third-order valence-corrected chi connectivity index (χ3v) is 49.0. The summed E-state index contributed by atoms with van der Waals surface area (Å²) in [6.45, 7) is 5.26. The largest absolute Gasteiger partial charge is 1.00 e. The maximum atomic E-state index is 2.74. The van der Waals surface area contributed by atoms with E-state index in [9.17, 15) is 0 Å². The van der Waals surface area contributed by atoms with Gasteiger partial charge in [-0.15, -0.1) is 0 Å². The molecule has 3 aliphatic heterocycles. The molecule has 0 aromatic heterocycles. The van der Waals surface area contributed by atoms with Crippen molar-refractivity contribution in [2.75, 3.05) is 0 Å². The van der Waals surface area contributed by atoms with Crippen LogP contribution < -0.4 is 24.8 Å². The maximum Gasteiger partial charge on any atom is -1.00 e. The van der Waals surface area contributed by atoms with E-state index in [0.717, 1.165) is 23.7 Å². The second-order valence-corrected chi connectivity index (χ2v) is 41.6. The summed E-state index contributed by atoms with van der Waals surface area (Å²) in [4.78, 5) is 0. The van der Waals surface area contributed by atoms with Gasteiger partial charge >= 0.3 is 211 Å². The van der Waals surface area contributed by atoms with E-state index in [1.165, 1.54) is 18.4 Å². The minimum Gasteiger partial charge on any atom is -1.00 e. The van der Waals surface area contributed by atoms with Crippen LogP contribution in [0.3, 0.4) is 0 Å². The molecule has 0 spiro atoms. The first-order valence-corrected chi connectivity index (χ1v) is 29.5. The first-order chi connectivity index (χ1) is 16.2. The summed E-state index contributed by atoms with van der Waals surface area (Å²) in [5, 5.41) is 0. The fourth-order valence-electron chi connectivity index (χ4n) is 11.1. The molecule has 7 aliphatic rings. The van der Waals surface area contributed by atoms with Gasteiger partial charge in [0.15, 0.2) is 0 Å². The molecule has 4 aliphatic carbocycles. The molecule has 0 aromatic carbocycles. The van der Waals surface area contributed by atoms with Gasteiger partial charge in [-0.25, -0.2) is 0 Å². The molecule has 0 amide bonds. The smallest absolute Gasteiger partial charge is 1.00 e. The summed E-state index contributed by atoms with van der Waals surface area (Å²) in [5.74, 6) is 3.80. The SMILES string of the molecule is CC[Si]1(C2C3C=CC=CC3C[CH]2[Hf+2]2([CH]3CC4C=CC=CC4C3[Si]3(CC)CCC3)[CH2][CH2]2)CCC1.[Cl-].[Cl-]. The monoisotopic (exact) mass is 712 g/mol. The molecule has 2 saturated carbocycles. The van der Waals surface area contributed by atoms with Crippen molar-refractivity contribution < 1.29 is 44.8 Å². The molecule has 0 nitrogen and oxygen atoms in total. The Kier molecular flexibility index (Phi) is 7.91. The summed E-state index contributed by atoms with van der Waals surface area (Å²) in [5.41, 5.74) is 2.42. The molecule has 0 aromatic rings. The van der Waals surface area contributed by atoms with Crippen molar-refractivity contribution in [3.63, 3.8) is 0 Å².